The van der Waals surface area contributed by atoms with Crippen LogP contribution in [0.4, 0.5) is 0 Å². The molecule has 180 valence electrons. The number of fused-ring (bicyclic) bond motifs is 1. The minimum atomic E-state index is -0.539. The largest absolute Gasteiger partial charge is 0.454 e. The van der Waals surface area contributed by atoms with Crippen molar-refractivity contribution in [2.45, 2.75) is 27.7 Å². The fourth-order valence-electron chi connectivity index (χ4n) is 4.49. The van der Waals surface area contributed by atoms with E-state index in [0.29, 0.717) is 27.7 Å². The molecule has 0 aliphatic rings. The Bertz CT molecular complexity index is 1610. The third kappa shape index (κ3) is 4.36. The first-order valence-corrected chi connectivity index (χ1v) is 12.6. The van der Waals surface area contributed by atoms with Crippen LogP contribution in [0.3, 0.4) is 0 Å². The Morgan fingerprint density at radius 1 is 0.889 bits per heavy atom. The summed E-state index contributed by atoms with van der Waals surface area (Å²) in [6.07, 6.45) is 0. The van der Waals surface area contributed by atoms with Crippen molar-refractivity contribution in [3.63, 3.8) is 0 Å². The highest BCUT2D eigenvalue weighted by molar-refractivity contribution is 7.13. The summed E-state index contributed by atoms with van der Waals surface area (Å²) in [5.41, 5.74) is 7.56. The van der Waals surface area contributed by atoms with Gasteiger partial charge in [-0.05, 0) is 80.6 Å². The van der Waals surface area contributed by atoms with Crippen LogP contribution in [-0.4, -0.2) is 27.9 Å². The number of ketones is 1. The predicted octanol–water partition coefficient (Wildman–Crippen LogP) is 7.03. The molecule has 6 heteroatoms. The Morgan fingerprint density at radius 3 is 2.44 bits per heavy atom. The molecule has 5 nitrogen and oxygen atoms in total. The zero-order valence-corrected chi connectivity index (χ0v) is 21.5. The molecule has 0 unspecified atom stereocenters. The highest BCUT2D eigenvalue weighted by Crippen LogP contribution is 2.28. The lowest BCUT2D eigenvalue weighted by Gasteiger charge is -2.12. The molecule has 36 heavy (non-hydrogen) atoms. The summed E-state index contributed by atoms with van der Waals surface area (Å²) in [5, 5.41) is 2.67. The van der Waals surface area contributed by atoms with Crippen LogP contribution in [0.15, 0.2) is 72.1 Å². The summed E-state index contributed by atoms with van der Waals surface area (Å²) in [4.78, 5) is 32.0. The van der Waals surface area contributed by atoms with E-state index in [9.17, 15) is 9.59 Å². The normalized spacial score (nSPS) is 11.1. The van der Waals surface area contributed by atoms with E-state index >= 15 is 0 Å². The molecule has 0 saturated carbocycles. The highest BCUT2D eigenvalue weighted by Gasteiger charge is 2.21. The zero-order valence-electron chi connectivity index (χ0n) is 20.7. The van der Waals surface area contributed by atoms with E-state index in [-0.39, 0.29) is 12.4 Å². The number of nitrogens with zero attached hydrogens (tertiary/aromatic N) is 2. The standard InChI is InChI=1S/C30H26N2O3S/c1-18-11-12-22(14-19(18)2)32-20(3)15-24(21(32)4)28(33)17-35-30(34)25-16-27(29-10-7-13-36-29)31-26-9-6-5-8-23(25)26/h5-16H,17H2,1-4H3. The molecule has 0 atom stereocenters. The first kappa shape index (κ1) is 23.7. The minimum absolute atomic E-state index is 0.233. The van der Waals surface area contributed by atoms with Crippen LogP contribution in [0.2, 0.25) is 0 Å². The van der Waals surface area contributed by atoms with Gasteiger partial charge in [-0.15, -0.1) is 11.3 Å². The summed E-state index contributed by atoms with van der Waals surface area (Å²) in [6.45, 7) is 7.71. The van der Waals surface area contributed by atoms with E-state index in [2.05, 4.69) is 36.6 Å². The number of hydrogen-bond donors (Lipinski definition) is 0. The minimum Gasteiger partial charge on any atom is -0.454 e. The fourth-order valence-corrected chi connectivity index (χ4v) is 5.17. The van der Waals surface area contributed by atoms with Crippen LogP contribution in [-0.2, 0) is 4.74 Å². The molecule has 0 fully saturated rings. The lowest BCUT2D eigenvalue weighted by Crippen LogP contribution is -2.15. The zero-order chi connectivity index (χ0) is 25.4. The summed E-state index contributed by atoms with van der Waals surface area (Å²) in [7, 11) is 0. The maximum absolute atomic E-state index is 13.2. The predicted molar refractivity (Wildman–Crippen MR) is 144 cm³/mol. The van der Waals surface area contributed by atoms with Gasteiger partial charge in [0.15, 0.2) is 6.61 Å². The summed E-state index contributed by atoms with van der Waals surface area (Å²) >= 11 is 1.55. The Morgan fingerprint density at radius 2 is 1.69 bits per heavy atom. The summed E-state index contributed by atoms with van der Waals surface area (Å²) in [5.74, 6) is -0.772. The number of thiophene rings is 1. The van der Waals surface area contributed by atoms with Gasteiger partial charge in [0, 0.05) is 28.0 Å². The van der Waals surface area contributed by atoms with Gasteiger partial charge in [0.1, 0.15) is 0 Å². The van der Waals surface area contributed by atoms with Crippen LogP contribution >= 0.6 is 11.3 Å². The van der Waals surface area contributed by atoms with Crippen molar-refractivity contribution in [1.29, 1.82) is 0 Å². The van der Waals surface area contributed by atoms with Crippen molar-refractivity contribution < 1.29 is 14.3 Å². The van der Waals surface area contributed by atoms with Gasteiger partial charge >= 0.3 is 5.97 Å². The number of para-hydroxylation sites is 1. The SMILES string of the molecule is Cc1ccc(-n2c(C)cc(C(=O)COC(=O)c3cc(-c4cccs4)nc4ccccc34)c2C)cc1C. The summed E-state index contributed by atoms with van der Waals surface area (Å²) in [6, 6.07) is 21.2. The van der Waals surface area contributed by atoms with Crippen molar-refractivity contribution in [3.8, 4) is 16.3 Å². The van der Waals surface area contributed by atoms with Gasteiger partial charge in [0.2, 0.25) is 5.78 Å². The van der Waals surface area contributed by atoms with Gasteiger partial charge in [-0.2, -0.15) is 0 Å². The Hall–Kier alpha value is -4.03. The third-order valence-corrected chi connectivity index (χ3v) is 7.42. The Labute approximate surface area is 214 Å². The number of benzene rings is 2. The number of ether oxygens (including phenoxy) is 1. The van der Waals surface area contributed by atoms with E-state index in [1.54, 1.807) is 17.4 Å². The Balaban J connectivity index is 1.40. The van der Waals surface area contributed by atoms with Crippen LogP contribution in [0.25, 0.3) is 27.2 Å². The number of esters is 1. The number of aryl methyl sites for hydroxylation is 3. The molecular weight excluding hydrogens is 468 g/mol. The van der Waals surface area contributed by atoms with Gasteiger partial charge in [-0.3, -0.25) is 4.79 Å². The molecule has 0 bridgehead atoms. The third-order valence-electron chi connectivity index (χ3n) is 6.52. The van der Waals surface area contributed by atoms with Gasteiger partial charge in [-0.1, -0.05) is 30.3 Å². The van der Waals surface area contributed by atoms with Crippen molar-refractivity contribution in [1.82, 2.24) is 9.55 Å². The number of pyridine rings is 1. The maximum atomic E-state index is 13.2. The number of Topliss-reactive ketones (excluding diaryl/α,β-unsaturated/α-hetero) is 1. The van der Waals surface area contributed by atoms with E-state index in [0.717, 1.165) is 22.0 Å². The summed E-state index contributed by atoms with van der Waals surface area (Å²) < 4.78 is 7.61. The molecule has 5 rings (SSSR count). The molecule has 5 aromatic rings. The van der Waals surface area contributed by atoms with E-state index in [1.807, 2.05) is 61.7 Å². The van der Waals surface area contributed by atoms with Crippen molar-refractivity contribution in [3.05, 3.63) is 106 Å². The van der Waals surface area contributed by atoms with Crippen LogP contribution < -0.4 is 0 Å². The van der Waals surface area contributed by atoms with E-state index in [1.165, 1.54) is 11.1 Å². The fraction of sp³-hybridized carbons (Fsp3) is 0.167. The van der Waals surface area contributed by atoms with Gasteiger partial charge in [0.25, 0.3) is 0 Å². The molecule has 3 aromatic heterocycles. The molecule has 0 aliphatic carbocycles. The number of rotatable bonds is 6. The number of carbonyl (C=O) groups excluding carboxylic acids is 2. The maximum Gasteiger partial charge on any atom is 0.339 e. The average Bonchev–Trinajstić information content (AvgIpc) is 3.51. The first-order valence-electron chi connectivity index (χ1n) is 11.7. The van der Waals surface area contributed by atoms with Crippen LogP contribution in [0.5, 0.6) is 0 Å². The lowest BCUT2D eigenvalue weighted by atomic mass is 10.1. The van der Waals surface area contributed by atoms with Crippen molar-refractivity contribution in [2.24, 2.45) is 0 Å². The number of carbonyl (C=O) groups is 2. The molecular formula is C30H26N2O3S. The lowest BCUT2D eigenvalue weighted by molar-refractivity contribution is 0.0476. The number of aromatic nitrogens is 2. The van der Waals surface area contributed by atoms with Crippen LogP contribution in [0.1, 0.15) is 43.2 Å². The quantitative estimate of drug-likeness (QED) is 0.188. The molecule has 0 spiro atoms. The topological polar surface area (TPSA) is 61.2 Å². The molecule has 3 heterocycles. The second-order valence-corrected chi connectivity index (χ2v) is 9.89. The smallest absolute Gasteiger partial charge is 0.339 e. The van der Waals surface area contributed by atoms with Gasteiger partial charge in [-0.25, -0.2) is 9.78 Å². The van der Waals surface area contributed by atoms with E-state index in [4.69, 9.17) is 9.72 Å². The second kappa shape index (κ2) is 9.55. The first-order chi connectivity index (χ1) is 17.3. The molecule has 2 aromatic carbocycles. The molecule has 0 aliphatic heterocycles. The molecule has 0 radical (unpaired) electrons. The molecule has 0 saturated heterocycles. The molecule has 0 N–H and O–H groups in total. The van der Waals surface area contributed by atoms with Crippen molar-refractivity contribution >= 4 is 34.0 Å². The second-order valence-electron chi connectivity index (χ2n) is 8.94. The highest BCUT2D eigenvalue weighted by atomic mass is 32.1. The molecule has 0 amide bonds. The average molecular weight is 495 g/mol. The Kier molecular flexibility index (Phi) is 6.29. The monoisotopic (exact) mass is 494 g/mol. The van der Waals surface area contributed by atoms with E-state index < -0.39 is 5.97 Å². The van der Waals surface area contributed by atoms with Gasteiger partial charge < -0.3 is 9.30 Å². The van der Waals surface area contributed by atoms with Gasteiger partial charge in [0.05, 0.1) is 21.7 Å². The van der Waals surface area contributed by atoms with Crippen molar-refractivity contribution in [2.75, 3.05) is 6.61 Å². The van der Waals surface area contributed by atoms with Crippen LogP contribution in [0, 0.1) is 27.7 Å². The number of hydrogen-bond acceptors (Lipinski definition) is 5.